The zero-order valence-corrected chi connectivity index (χ0v) is 14.4. The van der Waals surface area contributed by atoms with Gasteiger partial charge in [-0.25, -0.2) is 0 Å². The van der Waals surface area contributed by atoms with E-state index >= 15 is 0 Å². The quantitative estimate of drug-likeness (QED) is 0.715. The lowest BCUT2D eigenvalue weighted by Crippen LogP contribution is -2.34. The second kappa shape index (κ2) is 9.80. The minimum atomic E-state index is 0.697. The van der Waals surface area contributed by atoms with Crippen LogP contribution in [0.2, 0.25) is 0 Å². The van der Waals surface area contributed by atoms with Crippen LogP contribution in [-0.4, -0.2) is 38.2 Å². The Kier molecular flexibility index (Phi) is 8.40. The van der Waals surface area contributed by atoms with Crippen molar-refractivity contribution in [3.05, 3.63) is 29.8 Å². The molecule has 120 valence electrons. The van der Waals surface area contributed by atoms with Gasteiger partial charge in [-0.1, -0.05) is 39.8 Å². The molecule has 1 aromatic rings. The lowest BCUT2D eigenvalue weighted by Gasteiger charge is -2.26. The number of benzene rings is 1. The van der Waals surface area contributed by atoms with Gasteiger partial charge in [-0.3, -0.25) is 4.90 Å². The Labute approximate surface area is 130 Å². The van der Waals surface area contributed by atoms with Crippen LogP contribution in [0.5, 0.6) is 5.75 Å². The lowest BCUT2D eigenvalue weighted by molar-refractivity contribution is 0.177. The second-order valence-electron chi connectivity index (χ2n) is 6.57. The Morgan fingerprint density at radius 3 is 2.33 bits per heavy atom. The molecule has 0 bridgehead atoms. The first kappa shape index (κ1) is 18.0. The van der Waals surface area contributed by atoms with Gasteiger partial charge in [0, 0.05) is 26.2 Å². The van der Waals surface area contributed by atoms with Crippen molar-refractivity contribution in [3.8, 4) is 5.75 Å². The van der Waals surface area contributed by atoms with Crippen molar-refractivity contribution < 1.29 is 4.74 Å². The molecule has 0 radical (unpaired) electrons. The first-order valence-electron chi connectivity index (χ1n) is 8.10. The molecule has 3 nitrogen and oxygen atoms in total. The van der Waals surface area contributed by atoms with Gasteiger partial charge in [0.25, 0.3) is 0 Å². The number of nitrogens with one attached hydrogen (secondary N) is 1. The van der Waals surface area contributed by atoms with Gasteiger partial charge in [0.05, 0.1) is 0 Å². The first-order valence-corrected chi connectivity index (χ1v) is 8.10. The fraction of sp³-hybridized carbons (Fsp3) is 0.667. The largest absolute Gasteiger partial charge is 0.492 e. The number of ether oxygens (including phenoxy) is 1. The fourth-order valence-corrected chi connectivity index (χ4v) is 2.53. The Morgan fingerprint density at radius 1 is 1.10 bits per heavy atom. The number of nitrogens with zero attached hydrogens (tertiary/aromatic N) is 1. The van der Waals surface area contributed by atoms with Crippen LogP contribution in [0, 0.1) is 11.8 Å². The average Bonchev–Trinajstić information content (AvgIpc) is 2.38. The number of hydrogen-bond acceptors (Lipinski definition) is 3. The molecular weight excluding hydrogens is 260 g/mol. The van der Waals surface area contributed by atoms with Crippen LogP contribution in [0.15, 0.2) is 24.3 Å². The van der Waals surface area contributed by atoms with E-state index in [1.807, 2.05) is 13.1 Å². The van der Waals surface area contributed by atoms with Gasteiger partial charge in [0.2, 0.25) is 0 Å². The zero-order valence-electron chi connectivity index (χ0n) is 14.4. The molecular formula is C18H32N2O. The molecule has 0 saturated heterocycles. The molecule has 21 heavy (non-hydrogen) atoms. The van der Waals surface area contributed by atoms with Crippen LogP contribution >= 0.6 is 0 Å². The summed E-state index contributed by atoms with van der Waals surface area (Å²) in [7, 11) is 1.96. The molecule has 0 heterocycles. The van der Waals surface area contributed by atoms with Gasteiger partial charge in [-0.05, 0) is 36.6 Å². The molecule has 1 rings (SSSR count). The average molecular weight is 292 g/mol. The lowest BCUT2D eigenvalue weighted by atomic mass is 10.1. The molecule has 0 amide bonds. The standard InChI is InChI=1S/C18H32N2O/c1-15(2)13-20(14-16(3)4)9-10-21-18-8-6-7-17(11-18)12-19-5/h6-8,11,15-16,19H,9-10,12-14H2,1-5H3. The maximum atomic E-state index is 5.92. The Morgan fingerprint density at radius 2 is 1.76 bits per heavy atom. The fourth-order valence-electron chi connectivity index (χ4n) is 2.53. The summed E-state index contributed by atoms with van der Waals surface area (Å²) < 4.78 is 5.92. The SMILES string of the molecule is CNCc1cccc(OCCN(CC(C)C)CC(C)C)c1. The van der Waals surface area contributed by atoms with Gasteiger partial charge in [-0.2, -0.15) is 0 Å². The highest BCUT2D eigenvalue weighted by molar-refractivity contribution is 5.28. The van der Waals surface area contributed by atoms with E-state index < -0.39 is 0 Å². The highest BCUT2D eigenvalue weighted by Gasteiger charge is 2.09. The summed E-state index contributed by atoms with van der Waals surface area (Å²) >= 11 is 0. The summed E-state index contributed by atoms with van der Waals surface area (Å²) in [5.74, 6) is 2.36. The maximum absolute atomic E-state index is 5.92. The van der Waals surface area contributed by atoms with Crippen molar-refractivity contribution in [2.75, 3.05) is 33.3 Å². The molecule has 0 fully saturated rings. The van der Waals surface area contributed by atoms with E-state index in [1.54, 1.807) is 0 Å². The van der Waals surface area contributed by atoms with Crippen LogP contribution in [0.1, 0.15) is 33.3 Å². The molecule has 0 aliphatic heterocycles. The smallest absolute Gasteiger partial charge is 0.119 e. The summed E-state index contributed by atoms with van der Waals surface area (Å²) in [5, 5.41) is 3.16. The van der Waals surface area contributed by atoms with Gasteiger partial charge in [0.15, 0.2) is 0 Å². The molecule has 0 aliphatic rings. The van der Waals surface area contributed by atoms with Crippen LogP contribution in [0.3, 0.4) is 0 Å². The third-order valence-corrected chi connectivity index (χ3v) is 3.20. The summed E-state index contributed by atoms with van der Waals surface area (Å²) in [6.45, 7) is 14.0. The highest BCUT2D eigenvalue weighted by atomic mass is 16.5. The summed E-state index contributed by atoms with van der Waals surface area (Å²) in [6.07, 6.45) is 0. The van der Waals surface area contributed by atoms with Crippen molar-refractivity contribution in [2.24, 2.45) is 11.8 Å². The van der Waals surface area contributed by atoms with Gasteiger partial charge < -0.3 is 10.1 Å². The van der Waals surface area contributed by atoms with Gasteiger partial charge in [-0.15, -0.1) is 0 Å². The van der Waals surface area contributed by atoms with Crippen LogP contribution < -0.4 is 10.1 Å². The monoisotopic (exact) mass is 292 g/mol. The van der Waals surface area contributed by atoms with Crippen molar-refractivity contribution >= 4 is 0 Å². The molecule has 0 atom stereocenters. The van der Waals surface area contributed by atoms with Crippen LogP contribution in [0.4, 0.5) is 0 Å². The van der Waals surface area contributed by atoms with Crippen LogP contribution in [0.25, 0.3) is 0 Å². The summed E-state index contributed by atoms with van der Waals surface area (Å²) in [4.78, 5) is 2.51. The molecule has 0 unspecified atom stereocenters. The van der Waals surface area contributed by atoms with Crippen molar-refractivity contribution in [1.82, 2.24) is 10.2 Å². The molecule has 0 saturated carbocycles. The molecule has 1 N–H and O–H groups in total. The van der Waals surface area contributed by atoms with E-state index in [-0.39, 0.29) is 0 Å². The predicted molar refractivity (Wildman–Crippen MR) is 90.8 cm³/mol. The van der Waals surface area contributed by atoms with E-state index in [2.05, 4.69) is 56.1 Å². The van der Waals surface area contributed by atoms with E-state index in [0.717, 1.165) is 38.5 Å². The van der Waals surface area contributed by atoms with E-state index in [0.29, 0.717) is 11.8 Å². The van der Waals surface area contributed by atoms with E-state index in [9.17, 15) is 0 Å². The van der Waals surface area contributed by atoms with Crippen molar-refractivity contribution in [1.29, 1.82) is 0 Å². The van der Waals surface area contributed by atoms with Crippen molar-refractivity contribution in [3.63, 3.8) is 0 Å². The van der Waals surface area contributed by atoms with E-state index in [4.69, 9.17) is 4.74 Å². The normalized spacial score (nSPS) is 11.6. The first-order chi connectivity index (χ1) is 10.0. The zero-order chi connectivity index (χ0) is 15.7. The Balaban J connectivity index is 2.43. The molecule has 3 heteroatoms. The minimum absolute atomic E-state index is 0.697. The summed E-state index contributed by atoms with van der Waals surface area (Å²) in [6, 6.07) is 8.33. The molecule has 0 spiro atoms. The van der Waals surface area contributed by atoms with Crippen LogP contribution in [-0.2, 0) is 6.54 Å². The molecule has 1 aromatic carbocycles. The third kappa shape index (κ3) is 8.08. The maximum Gasteiger partial charge on any atom is 0.119 e. The number of rotatable bonds is 10. The van der Waals surface area contributed by atoms with Crippen molar-refractivity contribution in [2.45, 2.75) is 34.2 Å². The molecule has 0 aliphatic carbocycles. The minimum Gasteiger partial charge on any atom is -0.492 e. The summed E-state index contributed by atoms with van der Waals surface area (Å²) in [5.41, 5.74) is 1.26. The Bertz CT molecular complexity index is 381. The highest BCUT2D eigenvalue weighted by Crippen LogP contribution is 2.13. The van der Waals surface area contributed by atoms with Gasteiger partial charge in [0.1, 0.15) is 12.4 Å². The second-order valence-corrected chi connectivity index (χ2v) is 6.57. The van der Waals surface area contributed by atoms with E-state index in [1.165, 1.54) is 5.56 Å². The topological polar surface area (TPSA) is 24.5 Å². The Hall–Kier alpha value is -1.06. The third-order valence-electron chi connectivity index (χ3n) is 3.20. The van der Waals surface area contributed by atoms with Gasteiger partial charge >= 0.3 is 0 Å². The predicted octanol–water partition coefficient (Wildman–Crippen LogP) is 3.40. The molecule has 0 aromatic heterocycles. The number of hydrogen-bond donors (Lipinski definition) is 1.